The maximum absolute atomic E-state index is 13.2. The predicted molar refractivity (Wildman–Crippen MR) is 123 cm³/mol. The highest BCUT2D eigenvalue weighted by atomic mass is 32.1. The number of carbonyl (C=O) groups excluding carboxylic acids is 2. The third kappa shape index (κ3) is 3.81. The molecule has 4 heterocycles. The minimum absolute atomic E-state index is 0.0113. The molecule has 31 heavy (non-hydrogen) atoms. The van der Waals surface area contributed by atoms with Crippen LogP contribution in [0.3, 0.4) is 0 Å². The van der Waals surface area contributed by atoms with E-state index in [0.717, 1.165) is 67.5 Å². The van der Waals surface area contributed by atoms with E-state index in [1.807, 2.05) is 63.9 Å². The van der Waals surface area contributed by atoms with Gasteiger partial charge in [-0.25, -0.2) is 0 Å². The van der Waals surface area contributed by atoms with Crippen LogP contribution in [-0.2, 0) is 4.79 Å². The summed E-state index contributed by atoms with van der Waals surface area (Å²) in [5.74, 6) is 0.525. The van der Waals surface area contributed by atoms with Gasteiger partial charge in [-0.05, 0) is 66.1 Å². The Labute approximate surface area is 185 Å². The molecule has 2 aliphatic rings. The number of fused-ring (bicyclic) bond motifs is 1. The van der Waals surface area contributed by atoms with Gasteiger partial charge in [-0.15, -0.1) is 0 Å². The fourth-order valence-corrected chi connectivity index (χ4v) is 5.51. The van der Waals surface area contributed by atoms with Crippen molar-refractivity contribution in [1.29, 1.82) is 0 Å². The lowest BCUT2D eigenvalue weighted by atomic mass is 9.78. The smallest absolute Gasteiger partial charge is 0.289 e. The molecule has 2 aromatic heterocycles. The first kappa shape index (κ1) is 20.1. The maximum Gasteiger partial charge on any atom is 0.289 e. The van der Waals surface area contributed by atoms with Crippen LogP contribution in [0, 0.1) is 12.3 Å². The highest BCUT2D eigenvalue weighted by Crippen LogP contribution is 2.41. The SMILES string of the molecule is Cc1c(C(=O)N2CCC3(CCN(C(=O)C=Cc4ccsc4)CC3)C2)oc2ccccc12. The van der Waals surface area contributed by atoms with Crippen LogP contribution in [-0.4, -0.2) is 47.8 Å². The lowest BCUT2D eigenvalue weighted by Crippen LogP contribution is -2.44. The molecule has 2 amide bonds. The fourth-order valence-electron chi connectivity index (χ4n) is 4.88. The summed E-state index contributed by atoms with van der Waals surface area (Å²) in [5, 5.41) is 5.04. The fraction of sp³-hybridized carbons (Fsp3) is 0.360. The summed E-state index contributed by atoms with van der Waals surface area (Å²) in [7, 11) is 0. The van der Waals surface area contributed by atoms with E-state index in [1.165, 1.54) is 0 Å². The van der Waals surface area contributed by atoms with Crippen LogP contribution >= 0.6 is 11.3 Å². The number of benzene rings is 1. The van der Waals surface area contributed by atoms with Crippen LogP contribution in [0.5, 0.6) is 0 Å². The van der Waals surface area contributed by atoms with Crippen molar-refractivity contribution in [1.82, 2.24) is 9.80 Å². The van der Waals surface area contributed by atoms with Gasteiger partial charge >= 0.3 is 0 Å². The third-order valence-electron chi connectivity index (χ3n) is 6.86. The third-order valence-corrected chi connectivity index (χ3v) is 7.56. The maximum atomic E-state index is 13.2. The lowest BCUT2D eigenvalue weighted by Gasteiger charge is -2.38. The summed E-state index contributed by atoms with van der Waals surface area (Å²) in [6.45, 7) is 4.95. The van der Waals surface area contributed by atoms with E-state index in [4.69, 9.17) is 4.42 Å². The highest BCUT2D eigenvalue weighted by molar-refractivity contribution is 7.08. The number of thiophene rings is 1. The van der Waals surface area contributed by atoms with Gasteiger partial charge in [-0.2, -0.15) is 11.3 Å². The molecule has 3 aromatic rings. The summed E-state index contributed by atoms with van der Waals surface area (Å²) in [6.07, 6.45) is 6.43. The van der Waals surface area contributed by atoms with Crippen molar-refractivity contribution in [2.24, 2.45) is 5.41 Å². The van der Waals surface area contributed by atoms with Crippen molar-refractivity contribution in [3.05, 3.63) is 64.1 Å². The van der Waals surface area contributed by atoms with E-state index in [-0.39, 0.29) is 17.2 Å². The second-order valence-electron chi connectivity index (χ2n) is 8.74. The minimum Gasteiger partial charge on any atom is -0.451 e. The minimum atomic E-state index is -0.0113. The lowest BCUT2D eigenvalue weighted by molar-refractivity contribution is -0.128. The molecule has 160 valence electrons. The van der Waals surface area contributed by atoms with Gasteiger partial charge in [0.2, 0.25) is 5.91 Å². The van der Waals surface area contributed by atoms with Crippen molar-refractivity contribution >= 4 is 40.2 Å². The molecule has 0 unspecified atom stereocenters. The summed E-state index contributed by atoms with van der Waals surface area (Å²) < 4.78 is 5.90. The Balaban J connectivity index is 1.22. The molecule has 1 spiro atoms. The van der Waals surface area contributed by atoms with Gasteiger partial charge < -0.3 is 14.2 Å². The zero-order chi connectivity index (χ0) is 21.4. The quantitative estimate of drug-likeness (QED) is 0.547. The molecule has 2 fully saturated rings. The Morgan fingerprint density at radius 1 is 1.06 bits per heavy atom. The Kier molecular flexibility index (Phi) is 5.18. The Hall–Kier alpha value is -2.86. The molecule has 2 aliphatic heterocycles. The van der Waals surface area contributed by atoms with Crippen LogP contribution in [0.15, 0.2) is 51.6 Å². The molecule has 5 nitrogen and oxygen atoms in total. The zero-order valence-corrected chi connectivity index (χ0v) is 18.5. The molecule has 0 radical (unpaired) electrons. The van der Waals surface area contributed by atoms with Crippen molar-refractivity contribution in [2.45, 2.75) is 26.2 Å². The molecule has 0 atom stereocenters. The molecule has 2 saturated heterocycles. The van der Waals surface area contributed by atoms with E-state index in [0.29, 0.717) is 5.76 Å². The standard InChI is InChI=1S/C25H26N2O3S/c1-18-20-4-2-3-5-21(20)30-23(18)24(29)27-14-11-25(17-27)9-12-26(13-10-25)22(28)7-6-19-8-15-31-16-19/h2-8,15-16H,9-14,17H2,1H3. The molecule has 5 rings (SSSR count). The summed E-state index contributed by atoms with van der Waals surface area (Å²) in [5.41, 5.74) is 2.86. The number of nitrogens with zero attached hydrogens (tertiary/aromatic N) is 2. The molecule has 0 saturated carbocycles. The van der Waals surface area contributed by atoms with Gasteiger partial charge in [0.1, 0.15) is 5.58 Å². The van der Waals surface area contributed by atoms with Gasteiger partial charge in [-0.3, -0.25) is 9.59 Å². The summed E-state index contributed by atoms with van der Waals surface area (Å²) >= 11 is 1.63. The number of para-hydroxylation sites is 1. The Morgan fingerprint density at radius 2 is 1.81 bits per heavy atom. The topological polar surface area (TPSA) is 53.8 Å². The van der Waals surface area contributed by atoms with Crippen LogP contribution in [0.1, 0.15) is 40.9 Å². The monoisotopic (exact) mass is 434 g/mol. The molecule has 1 aromatic carbocycles. The van der Waals surface area contributed by atoms with E-state index in [1.54, 1.807) is 17.4 Å². The van der Waals surface area contributed by atoms with Gasteiger partial charge in [0.25, 0.3) is 5.91 Å². The molecular weight excluding hydrogens is 408 g/mol. The van der Waals surface area contributed by atoms with Gasteiger partial charge in [-0.1, -0.05) is 18.2 Å². The summed E-state index contributed by atoms with van der Waals surface area (Å²) in [6, 6.07) is 9.80. The second-order valence-corrected chi connectivity index (χ2v) is 9.52. The van der Waals surface area contributed by atoms with E-state index >= 15 is 0 Å². The summed E-state index contributed by atoms with van der Waals surface area (Å²) in [4.78, 5) is 29.6. The number of amides is 2. The van der Waals surface area contributed by atoms with Crippen molar-refractivity contribution in [2.75, 3.05) is 26.2 Å². The average molecular weight is 435 g/mol. The van der Waals surface area contributed by atoms with Crippen LogP contribution in [0.2, 0.25) is 0 Å². The largest absolute Gasteiger partial charge is 0.451 e. The first-order valence-corrected chi connectivity index (χ1v) is 11.8. The van der Waals surface area contributed by atoms with E-state index in [2.05, 4.69) is 0 Å². The number of hydrogen-bond acceptors (Lipinski definition) is 4. The van der Waals surface area contributed by atoms with Crippen molar-refractivity contribution in [3.63, 3.8) is 0 Å². The predicted octanol–water partition coefficient (Wildman–Crippen LogP) is 4.97. The zero-order valence-electron chi connectivity index (χ0n) is 17.7. The number of piperidine rings is 1. The highest BCUT2D eigenvalue weighted by Gasteiger charge is 2.43. The number of furan rings is 1. The van der Waals surface area contributed by atoms with Crippen molar-refractivity contribution in [3.8, 4) is 0 Å². The Morgan fingerprint density at radius 3 is 2.52 bits per heavy atom. The first-order valence-electron chi connectivity index (χ1n) is 10.8. The van der Waals surface area contributed by atoms with Gasteiger partial charge in [0.05, 0.1) is 0 Å². The van der Waals surface area contributed by atoms with E-state index in [9.17, 15) is 9.59 Å². The van der Waals surface area contributed by atoms with E-state index < -0.39 is 0 Å². The Bertz CT molecular complexity index is 1140. The number of hydrogen-bond donors (Lipinski definition) is 0. The molecule has 0 bridgehead atoms. The number of likely N-dealkylation sites (tertiary alicyclic amines) is 2. The second kappa shape index (κ2) is 8.00. The average Bonchev–Trinajstić information content (AvgIpc) is 3.53. The van der Waals surface area contributed by atoms with Crippen molar-refractivity contribution < 1.29 is 14.0 Å². The first-order chi connectivity index (χ1) is 15.0. The molecular formula is C25H26N2O3S. The molecule has 6 heteroatoms. The van der Waals surface area contributed by atoms with Gasteiger partial charge in [0, 0.05) is 43.2 Å². The molecule has 0 aliphatic carbocycles. The number of carbonyl (C=O) groups is 2. The van der Waals surface area contributed by atoms with Crippen LogP contribution in [0.4, 0.5) is 0 Å². The number of rotatable bonds is 3. The number of aryl methyl sites for hydroxylation is 1. The van der Waals surface area contributed by atoms with Crippen LogP contribution < -0.4 is 0 Å². The normalized spacial score (nSPS) is 18.5. The van der Waals surface area contributed by atoms with Crippen LogP contribution in [0.25, 0.3) is 17.0 Å². The molecule has 0 N–H and O–H groups in total. The van der Waals surface area contributed by atoms with Gasteiger partial charge in [0.15, 0.2) is 5.76 Å².